The minimum atomic E-state index is -3.15. The van der Waals surface area contributed by atoms with Gasteiger partial charge >= 0.3 is 11.9 Å². The molecule has 2 aliphatic rings. The highest BCUT2D eigenvalue weighted by atomic mass is 16.8. The van der Waals surface area contributed by atoms with E-state index in [0.29, 0.717) is 6.54 Å². The lowest BCUT2D eigenvalue weighted by molar-refractivity contribution is -0.351. The van der Waals surface area contributed by atoms with Crippen molar-refractivity contribution in [2.24, 2.45) is 5.73 Å². The summed E-state index contributed by atoms with van der Waals surface area (Å²) in [5.41, 5.74) is 6.17. The molecule has 0 aliphatic carbocycles. The third-order valence-corrected chi connectivity index (χ3v) is 12.0. The van der Waals surface area contributed by atoms with Crippen LogP contribution in [0.3, 0.4) is 0 Å². The highest BCUT2D eigenvalue weighted by molar-refractivity contribution is 5.78. The smallest absolute Gasteiger partial charge is 0.364 e. The fourth-order valence-corrected chi connectivity index (χ4v) is 8.00. The van der Waals surface area contributed by atoms with E-state index >= 15 is 0 Å². The lowest BCUT2D eigenvalue weighted by Gasteiger charge is -2.49. The number of hydrogen-bond acceptors (Lipinski definition) is 19. The fraction of sp³-hybridized carbons (Fsp3) is 0.905. The minimum Gasteiger partial charge on any atom is -0.477 e. The highest BCUT2D eigenvalue weighted by Crippen LogP contribution is 2.38. The van der Waals surface area contributed by atoms with Gasteiger partial charge in [0.05, 0.1) is 55.8 Å². The summed E-state index contributed by atoms with van der Waals surface area (Å²) in [4.78, 5) is 50.7. The van der Waals surface area contributed by atoms with Gasteiger partial charge in [0.25, 0.3) is 11.6 Å². The summed E-state index contributed by atoms with van der Waals surface area (Å²) in [6.45, 7) is 4.09. The molecule has 65 heavy (non-hydrogen) atoms. The Morgan fingerprint density at radius 1 is 0.708 bits per heavy atom. The summed E-state index contributed by atoms with van der Waals surface area (Å²) in [5.74, 6) is -11.4. The van der Waals surface area contributed by atoms with Gasteiger partial charge in [-0.2, -0.15) is 0 Å². The molecule has 23 heteroatoms. The lowest BCUT2D eigenvalue weighted by atomic mass is 9.87. The second kappa shape index (κ2) is 28.6. The molecule has 16 atom stereocenters. The molecule has 16 unspecified atom stereocenters. The van der Waals surface area contributed by atoms with E-state index in [2.05, 4.69) is 22.9 Å². The van der Waals surface area contributed by atoms with Crippen LogP contribution in [0.4, 0.5) is 0 Å². The average Bonchev–Trinajstić information content (AvgIpc) is 3.27. The number of ether oxygens (including phenoxy) is 4. The van der Waals surface area contributed by atoms with E-state index in [9.17, 15) is 75.3 Å². The van der Waals surface area contributed by atoms with Crippen molar-refractivity contribution in [1.29, 1.82) is 0 Å². The van der Waals surface area contributed by atoms with E-state index in [0.717, 1.165) is 32.1 Å². The molecule has 2 saturated heterocycles. The Balaban J connectivity index is 2.36. The number of rotatable bonds is 32. The van der Waals surface area contributed by atoms with Crippen molar-refractivity contribution in [3.05, 3.63) is 0 Å². The van der Waals surface area contributed by atoms with E-state index in [4.69, 9.17) is 24.7 Å². The second-order valence-electron chi connectivity index (χ2n) is 17.1. The highest BCUT2D eigenvalue weighted by Gasteiger charge is 2.60. The SMILES string of the molecule is CCCCCCCCCCCCNCC(O)C1OC(OC(CO)C(O)C2OC(OC(CO)C(O)C(O)C(NC(=O)CC)C(C)O)(C(=O)O)CC(O)C2NC(=O)CC)(C(=O)O)CC(O)C1N. The van der Waals surface area contributed by atoms with Crippen LogP contribution in [0.2, 0.25) is 0 Å². The zero-order chi connectivity index (χ0) is 49.1. The summed E-state index contributed by atoms with van der Waals surface area (Å²) >= 11 is 0. The molecule has 0 bridgehead atoms. The molecule has 23 nitrogen and oxygen atoms in total. The molecule has 2 fully saturated rings. The molecule has 380 valence electrons. The van der Waals surface area contributed by atoms with Crippen LogP contribution in [-0.4, -0.2) is 203 Å². The maximum Gasteiger partial charge on any atom is 0.364 e. The van der Waals surface area contributed by atoms with Crippen LogP contribution in [0, 0.1) is 0 Å². The van der Waals surface area contributed by atoms with Crippen molar-refractivity contribution < 1.29 is 94.3 Å². The molecule has 2 heterocycles. The fourth-order valence-electron chi connectivity index (χ4n) is 8.00. The predicted octanol–water partition coefficient (Wildman–Crippen LogP) is -2.95. The standard InChI is InChI=1S/C42H78N4O19/c1-5-8-9-10-11-12-13-14-15-16-17-44-20-26(52)37-31(43)24(50)18-41(64-37,39(58)59)63-28(22-48)35(56)38-33(46-30(54)7-3)25(51)19-42(65-38,40(60)61)62-27(21-47)34(55)36(57)32(23(4)49)45-29(53)6-2/h23-28,31-38,44,47-52,55-57H,5-22,43H2,1-4H3,(H,45,53)(H,46,54)(H,58,59)(H,60,61). The molecule has 0 spiro atoms. The molecular formula is C42H78N4O19. The number of carboxylic acid groups (broad SMARTS) is 2. The molecule has 0 aromatic carbocycles. The molecule has 2 amide bonds. The van der Waals surface area contributed by atoms with Crippen LogP contribution in [0.1, 0.15) is 118 Å². The number of aliphatic hydroxyl groups excluding tert-OH is 9. The van der Waals surface area contributed by atoms with Crippen molar-refractivity contribution in [1.82, 2.24) is 16.0 Å². The molecule has 2 aliphatic heterocycles. The van der Waals surface area contributed by atoms with Gasteiger partial charge in [-0.05, 0) is 19.9 Å². The van der Waals surface area contributed by atoms with Gasteiger partial charge in [0.1, 0.15) is 42.7 Å². The predicted molar refractivity (Wildman–Crippen MR) is 228 cm³/mol. The van der Waals surface area contributed by atoms with Crippen LogP contribution >= 0.6 is 0 Å². The number of amides is 2. The normalized spacial score (nSPS) is 29.7. The molecular weight excluding hydrogens is 864 g/mol. The zero-order valence-electron chi connectivity index (χ0n) is 38.1. The Labute approximate surface area is 380 Å². The maximum absolute atomic E-state index is 13.0. The monoisotopic (exact) mass is 943 g/mol. The Bertz CT molecular complexity index is 1440. The topological polar surface area (TPSA) is 390 Å². The number of carboxylic acids is 2. The second-order valence-corrected chi connectivity index (χ2v) is 17.1. The average molecular weight is 943 g/mol. The van der Waals surface area contributed by atoms with Crippen molar-refractivity contribution in [2.45, 2.75) is 214 Å². The number of hydrogen-bond donors (Lipinski definition) is 15. The first-order chi connectivity index (χ1) is 30.7. The summed E-state index contributed by atoms with van der Waals surface area (Å²) in [5, 5.41) is 127. The van der Waals surface area contributed by atoms with Gasteiger partial charge in [0.2, 0.25) is 11.8 Å². The van der Waals surface area contributed by atoms with Gasteiger partial charge in [-0.15, -0.1) is 0 Å². The summed E-state index contributed by atoms with van der Waals surface area (Å²) in [7, 11) is 0. The van der Waals surface area contributed by atoms with Gasteiger partial charge in [0, 0.05) is 32.2 Å². The third-order valence-electron chi connectivity index (χ3n) is 12.0. The first-order valence-corrected chi connectivity index (χ1v) is 22.9. The number of nitrogens with one attached hydrogen (secondary N) is 3. The van der Waals surface area contributed by atoms with E-state index < -0.39 is 147 Å². The molecule has 0 aromatic heterocycles. The summed E-state index contributed by atoms with van der Waals surface area (Å²) in [6.07, 6.45) is -12.6. The maximum atomic E-state index is 13.0. The van der Waals surface area contributed by atoms with Gasteiger partial charge < -0.3 is 96.8 Å². The van der Waals surface area contributed by atoms with Crippen LogP contribution in [0.5, 0.6) is 0 Å². The molecule has 0 saturated carbocycles. The van der Waals surface area contributed by atoms with Crippen LogP contribution in [0.15, 0.2) is 0 Å². The Kier molecular flexibility index (Phi) is 25.7. The van der Waals surface area contributed by atoms with Crippen molar-refractivity contribution >= 4 is 23.8 Å². The van der Waals surface area contributed by atoms with Crippen molar-refractivity contribution in [2.75, 3.05) is 26.3 Å². The molecule has 2 rings (SSSR count). The lowest BCUT2D eigenvalue weighted by Crippen LogP contribution is -2.70. The molecule has 16 N–H and O–H groups in total. The largest absolute Gasteiger partial charge is 0.477 e. The van der Waals surface area contributed by atoms with E-state index in [1.54, 1.807) is 0 Å². The van der Waals surface area contributed by atoms with Crippen LogP contribution < -0.4 is 21.7 Å². The first-order valence-electron chi connectivity index (χ1n) is 22.9. The van der Waals surface area contributed by atoms with E-state index in [1.807, 2.05) is 0 Å². The quantitative estimate of drug-likeness (QED) is 0.0300. The molecule has 0 radical (unpaired) electrons. The number of nitrogens with two attached hydrogens (primary N) is 1. The van der Waals surface area contributed by atoms with Gasteiger partial charge in [-0.1, -0.05) is 78.6 Å². The summed E-state index contributed by atoms with van der Waals surface area (Å²) < 4.78 is 22.9. The van der Waals surface area contributed by atoms with E-state index in [-0.39, 0.29) is 19.4 Å². The van der Waals surface area contributed by atoms with Gasteiger partial charge in [-0.3, -0.25) is 9.59 Å². The van der Waals surface area contributed by atoms with Gasteiger partial charge in [-0.25, -0.2) is 9.59 Å². The number of unbranched alkanes of at least 4 members (excludes halogenated alkanes) is 9. The van der Waals surface area contributed by atoms with Crippen LogP contribution in [-0.2, 0) is 38.1 Å². The van der Waals surface area contributed by atoms with Crippen molar-refractivity contribution in [3.8, 4) is 0 Å². The number of carbonyl (C=O) groups excluding carboxylic acids is 2. The number of aliphatic hydroxyl groups is 9. The summed E-state index contributed by atoms with van der Waals surface area (Å²) in [6, 6.07) is -4.65. The first kappa shape index (κ1) is 58.4. The Hall–Kier alpha value is -2.72. The van der Waals surface area contributed by atoms with Crippen molar-refractivity contribution in [3.63, 3.8) is 0 Å². The zero-order valence-corrected chi connectivity index (χ0v) is 38.1. The minimum absolute atomic E-state index is 0.0921. The third kappa shape index (κ3) is 16.8. The van der Waals surface area contributed by atoms with Gasteiger partial charge in [0.15, 0.2) is 0 Å². The molecule has 0 aromatic rings. The van der Waals surface area contributed by atoms with E-state index in [1.165, 1.54) is 52.9 Å². The Morgan fingerprint density at radius 3 is 1.69 bits per heavy atom. The number of carbonyl (C=O) groups is 4. The Morgan fingerprint density at radius 2 is 1.20 bits per heavy atom. The number of aliphatic carboxylic acids is 2. The van der Waals surface area contributed by atoms with Crippen LogP contribution in [0.25, 0.3) is 0 Å².